The van der Waals surface area contributed by atoms with Gasteiger partial charge in [-0.15, -0.1) is 0 Å². The minimum atomic E-state index is -0.0624. The number of furan rings is 1. The number of benzene rings is 1. The Kier molecular flexibility index (Phi) is 4.31. The molecule has 0 aliphatic carbocycles. The highest BCUT2D eigenvalue weighted by molar-refractivity contribution is 6.00. The molecule has 1 spiro atoms. The molecule has 0 bridgehead atoms. The normalized spacial score (nSPS) is 19.3. The predicted octanol–water partition coefficient (Wildman–Crippen LogP) is 3.54. The van der Waals surface area contributed by atoms with Gasteiger partial charge in [0.25, 0.3) is 5.91 Å². The first-order valence-electron chi connectivity index (χ1n) is 9.16. The van der Waals surface area contributed by atoms with Crippen molar-refractivity contribution in [2.75, 3.05) is 33.9 Å². The summed E-state index contributed by atoms with van der Waals surface area (Å²) in [6, 6.07) is 3.74. The van der Waals surface area contributed by atoms with E-state index in [0.717, 1.165) is 43.2 Å². The van der Waals surface area contributed by atoms with E-state index >= 15 is 0 Å². The number of amides is 1. The zero-order chi connectivity index (χ0) is 18.3. The van der Waals surface area contributed by atoms with Crippen molar-refractivity contribution < 1.29 is 23.4 Å². The van der Waals surface area contributed by atoms with Crippen LogP contribution in [0.3, 0.4) is 0 Å². The van der Waals surface area contributed by atoms with Crippen molar-refractivity contribution in [1.82, 2.24) is 4.90 Å². The second kappa shape index (κ2) is 6.50. The number of fused-ring (bicyclic) bond motifs is 1. The Morgan fingerprint density at radius 1 is 1.15 bits per heavy atom. The molecule has 6 nitrogen and oxygen atoms in total. The van der Waals surface area contributed by atoms with Crippen molar-refractivity contribution in [2.24, 2.45) is 0 Å². The predicted molar refractivity (Wildman–Crippen MR) is 97.1 cm³/mol. The van der Waals surface area contributed by atoms with Crippen LogP contribution in [-0.2, 0) is 4.74 Å². The van der Waals surface area contributed by atoms with Crippen LogP contribution in [0.5, 0.6) is 11.5 Å². The van der Waals surface area contributed by atoms with E-state index in [4.69, 9.17) is 18.6 Å². The third kappa shape index (κ3) is 2.63. The van der Waals surface area contributed by atoms with E-state index in [9.17, 15) is 4.79 Å². The van der Waals surface area contributed by atoms with Gasteiger partial charge in [-0.3, -0.25) is 4.79 Å². The third-order valence-electron chi connectivity index (χ3n) is 5.79. The van der Waals surface area contributed by atoms with Crippen molar-refractivity contribution in [3.63, 3.8) is 0 Å². The Labute approximate surface area is 153 Å². The summed E-state index contributed by atoms with van der Waals surface area (Å²) in [5.74, 6) is 1.43. The summed E-state index contributed by atoms with van der Waals surface area (Å²) in [5.41, 5.74) is 1.39. The summed E-state index contributed by atoms with van der Waals surface area (Å²) in [6.07, 6.45) is 4.03. The van der Waals surface area contributed by atoms with Crippen LogP contribution in [0, 0.1) is 6.92 Å². The molecule has 1 amide bonds. The molecule has 2 aliphatic heterocycles. The van der Waals surface area contributed by atoms with Crippen LogP contribution in [0.1, 0.15) is 41.8 Å². The smallest absolute Gasteiger partial charge is 0.289 e. The highest BCUT2D eigenvalue weighted by atomic mass is 16.5. The first kappa shape index (κ1) is 17.2. The van der Waals surface area contributed by atoms with E-state index < -0.39 is 0 Å². The van der Waals surface area contributed by atoms with Crippen LogP contribution < -0.4 is 9.47 Å². The average molecular weight is 359 g/mol. The fourth-order valence-corrected chi connectivity index (χ4v) is 4.21. The molecule has 0 unspecified atom stereocenters. The van der Waals surface area contributed by atoms with E-state index in [0.29, 0.717) is 35.9 Å². The number of hydrogen-bond donors (Lipinski definition) is 0. The van der Waals surface area contributed by atoms with Crippen LogP contribution in [0.15, 0.2) is 16.5 Å². The number of nitrogens with zero attached hydrogens (tertiary/aromatic N) is 1. The van der Waals surface area contributed by atoms with E-state index in [1.807, 2.05) is 24.0 Å². The van der Waals surface area contributed by atoms with Gasteiger partial charge in [0.05, 0.1) is 19.8 Å². The lowest BCUT2D eigenvalue weighted by atomic mass is 9.88. The van der Waals surface area contributed by atoms with Crippen LogP contribution in [0.4, 0.5) is 0 Å². The number of hydrogen-bond acceptors (Lipinski definition) is 5. The molecule has 2 fully saturated rings. The number of ether oxygens (including phenoxy) is 3. The SMILES string of the molecule is COc1ccc2c(C)c(C(=O)N3CCC4(CCCO4)CC3)oc2c1OC. The average Bonchev–Trinajstić information content (AvgIpc) is 3.26. The van der Waals surface area contributed by atoms with Gasteiger partial charge in [0.1, 0.15) is 0 Å². The lowest BCUT2D eigenvalue weighted by molar-refractivity contribution is -0.0391. The summed E-state index contributed by atoms with van der Waals surface area (Å²) < 4.78 is 22.7. The molecule has 0 saturated carbocycles. The van der Waals surface area contributed by atoms with Crippen molar-refractivity contribution >= 4 is 16.9 Å². The zero-order valence-electron chi connectivity index (χ0n) is 15.6. The fourth-order valence-electron chi connectivity index (χ4n) is 4.21. The van der Waals surface area contributed by atoms with Gasteiger partial charge in [-0.1, -0.05) is 0 Å². The highest BCUT2D eigenvalue weighted by Gasteiger charge is 2.40. The van der Waals surface area contributed by atoms with Crippen LogP contribution >= 0.6 is 0 Å². The van der Waals surface area contributed by atoms with Crippen LogP contribution in [-0.4, -0.2) is 50.3 Å². The van der Waals surface area contributed by atoms with Gasteiger partial charge in [0, 0.05) is 30.6 Å². The van der Waals surface area contributed by atoms with Crippen molar-refractivity contribution in [3.05, 3.63) is 23.5 Å². The summed E-state index contributed by atoms with van der Waals surface area (Å²) in [7, 11) is 3.16. The van der Waals surface area contributed by atoms with Crippen LogP contribution in [0.25, 0.3) is 11.0 Å². The Morgan fingerprint density at radius 3 is 2.54 bits per heavy atom. The monoisotopic (exact) mass is 359 g/mol. The first-order chi connectivity index (χ1) is 12.6. The molecule has 26 heavy (non-hydrogen) atoms. The van der Waals surface area contributed by atoms with Crippen LogP contribution in [0.2, 0.25) is 0 Å². The second-order valence-electron chi connectivity index (χ2n) is 7.16. The number of likely N-dealkylation sites (tertiary alicyclic amines) is 1. The number of aryl methyl sites for hydroxylation is 1. The van der Waals surface area contributed by atoms with E-state index in [-0.39, 0.29) is 11.5 Å². The third-order valence-corrected chi connectivity index (χ3v) is 5.79. The molecular weight excluding hydrogens is 334 g/mol. The highest BCUT2D eigenvalue weighted by Crippen LogP contribution is 2.40. The molecule has 0 N–H and O–H groups in total. The minimum Gasteiger partial charge on any atom is -0.493 e. The summed E-state index contributed by atoms with van der Waals surface area (Å²) >= 11 is 0. The Bertz CT molecular complexity index is 824. The summed E-state index contributed by atoms with van der Waals surface area (Å²) in [5, 5.41) is 0.874. The maximum Gasteiger partial charge on any atom is 0.289 e. The van der Waals surface area contributed by atoms with Crippen molar-refractivity contribution in [3.8, 4) is 11.5 Å². The summed E-state index contributed by atoms with van der Waals surface area (Å²) in [6.45, 7) is 4.17. The second-order valence-corrected chi connectivity index (χ2v) is 7.16. The molecule has 4 rings (SSSR count). The molecule has 2 aromatic rings. The number of piperidine rings is 1. The molecule has 1 aromatic heterocycles. The Balaban J connectivity index is 1.62. The maximum absolute atomic E-state index is 13.1. The van der Waals surface area contributed by atoms with Gasteiger partial charge in [-0.25, -0.2) is 0 Å². The molecule has 2 saturated heterocycles. The minimum absolute atomic E-state index is 0.00368. The molecule has 0 atom stereocenters. The zero-order valence-corrected chi connectivity index (χ0v) is 15.6. The largest absolute Gasteiger partial charge is 0.493 e. The van der Waals surface area contributed by atoms with Crippen molar-refractivity contribution in [1.29, 1.82) is 0 Å². The standard InChI is InChI=1S/C20H25NO5/c1-13-14-5-6-15(23-2)18(24-3)17(14)26-16(13)19(22)21-10-8-20(9-11-21)7-4-12-25-20/h5-6H,4,7-12H2,1-3H3. The first-order valence-corrected chi connectivity index (χ1v) is 9.16. The van der Waals surface area contributed by atoms with Gasteiger partial charge in [0.2, 0.25) is 5.75 Å². The fraction of sp³-hybridized carbons (Fsp3) is 0.550. The van der Waals surface area contributed by atoms with Crippen molar-refractivity contribution in [2.45, 2.75) is 38.2 Å². The number of rotatable bonds is 3. The topological polar surface area (TPSA) is 61.1 Å². The molecule has 1 aromatic carbocycles. The molecule has 140 valence electrons. The van der Waals surface area contributed by atoms with Gasteiger partial charge in [0.15, 0.2) is 17.1 Å². The van der Waals surface area contributed by atoms with E-state index in [1.54, 1.807) is 14.2 Å². The molecule has 3 heterocycles. The lowest BCUT2D eigenvalue weighted by Gasteiger charge is -2.38. The number of methoxy groups -OCH3 is 2. The quantitative estimate of drug-likeness (QED) is 0.839. The molecular formula is C20H25NO5. The Hall–Kier alpha value is -2.21. The van der Waals surface area contributed by atoms with E-state index in [2.05, 4.69) is 0 Å². The molecule has 6 heteroatoms. The van der Waals surface area contributed by atoms with E-state index in [1.165, 1.54) is 0 Å². The Morgan fingerprint density at radius 2 is 1.92 bits per heavy atom. The number of carbonyl (C=O) groups is 1. The van der Waals surface area contributed by atoms with Gasteiger partial charge < -0.3 is 23.5 Å². The van der Waals surface area contributed by atoms with Gasteiger partial charge in [-0.2, -0.15) is 0 Å². The molecule has 2 aliphatic rings. The maximum atomic E-state index is 13.1. The van der Waals surface area contributed by atoms with Gasteiger partial charge in [-0.05, 0) is 44.7 Å². The number of carbonyl (C=O) groups excluding carboxylic acids is 1. The molecule has 0 radical (unpaired) electrons. The summed E-state index contributed by atoms with van der Waals surface area (Å²) in [4.78, 5) is 14.9. The lowest BCUT2D eigenvalue weighted by Crippen LogP contribution is -2.46. The van der Waals surface area contributed by atoms with Gasteiger partial charge >= 0.3 is 0 Å².